The van der Waals surface area contributed by atoms with Gasteiger partial charge in [-0.05, 0) is 43.9 Å². The molecule has 1 saturated carbocycles. The Bertz CT molecular complexity index is 674. The SMILES string of the molecule is COc1ccc(F)c(CN2CCC[C@@](O)(CNCC3(CO)CCC3)C2=O)c1. The van der Waals surface area contributed by atoms with Crippen molar-refractivity contribution in [2.45, 2.75) is 44.2 Å². The summed E-state index contributed by atoms with van der Waals surface area (Å²) in [5, 5.41) is 23.6. The van der Waals surface area contributed by atoms with E-state index in [1.807, 2.05) is 0 Å². The van der Waals surface area contributed by atoms with Gasteiger partial charge in [-0.15, -0.1) is 0 Å². The predicted molar refractivity (Wildman–Crippen MR) is 98.8 cm³/mol. The van der Waals surface area contributed by atoms with Gasteiger partial charge in [-0.25, -0.2) is 4.39 Å². The minimum atomic E-state index is -1.49. The van der Waals surface area contributed by atoms with Gasteiger partial charge in [0.15, 0.2) is 5.60 Å². The topological polar surface area (TPSA) is 82.0 Å². The van der Waals surface area contributed by atoms with Crippen LogP contribution in [0.25, 0.3) is 0 Å². The summed E-state index contributed by atoms with van der Waals surface area (Å²) in [7, 11) is 1.51. The molecule has 150 valence electrons. The van der Waals surface area contributed by atoms with E-state index < -0.39 is 11.4 Å². The van der Waals surface area contributed by atoms with Crippen LogP contribution in [0.5, 0.6) is 5.75 Å². The van der Waals surface area contributed by atoms with E-state index in [1.165, 1.54) is 24.1 Å². The molecule has 27 heavy (non-hydrogen) atoms. The Hall–Kier alpha value is -1.70. The fourth-order valence-corrected chi connectivity index (χ4v) is 3.99. The summed E-state index contributed by atoms with van der Waals surface area (Å²) in [6, 6.07) is 4.44. The number of methoxy groups -OCH3 is 1. The first-order chi connectivity index (χ1) is 12.9. The number of nitrogens with zero attached hydrogens (tertiary/aromatic N) is 1. The molecule has 0 aromatic heterocycles. The number of carbonyl (C=O) groups is 1. The van der Waals surface area contributed by atoms with Crippen molar-refractivity contribution in [3.05, 3.63) is 29.6 Å². The molecule has 0 bridgehead atoms. The van der Waals surface area contributed by atoms with Crippen LogP contribution in [0.15, 0.2) is 18.2 Å². The maximum atomic E-state index is 14.1. The Morgan fingerprint density at radius 3 is 2.67 bits per heavy atom. The third-order valence-electron chi connectivity index (χ3n) is 5.98. The van der Waals surface area contributed by atoms with E-state index in [0.717, 1.165) is 19.3 Å². The number of aliphatic hydroxyl groups excluding tert-OH is 1. The number of benzene rings is 1. The van der Waals surface area contributed by atoms with E-state index in [4.69, 9.17) is 4.74 Å². The number of hydrogen-bond donors (Lipinski definition) is 3. The minimum Gasteiger partial charge on any atom is -0.497 e. The molecular weight excluding hydrogens is 351 g/mol. The van der Waals surface area contributed by atoms with Crippen LogP contribution in [0, 0.1) is 11.2 Å². The Kier molecular flexibility index (Phi) is 6.03. The lowest BCUT2D eigenvalue weighted by molar-refractivity contribution is -0.157. The molecule has 0 spiro atoms. The maximum absolute atomic E-state index is 14.1. The first-order valence-corrected chi connectivity index (χ1v) is 9.57. The van der Waals surface area contributed by atoms with E-state index in [0.29, 0.717) is 37.2 Å². The Morgan fingerprint density at radius 1 is 1.26 bits per heavy atom. The molecule has 1 atom stereocenters. The van der Waals surface area contributed by atoms with Gasteiger partial charge in [0, 0.05) is 43.8 Å². The van der Waals surface area contributed by atoms with E-state index in [-0.39, 0.29) is 31.0 Å². The number of nitrogens with one attached hydrogen (secondary N) is 1. The quantitative estimate of drug-likeness (QED) is 0.636. The summed E-state index contributed by atoms with van der Waals surface area (Å²) < 4.78 is 19.2. The molecule has 1 aliphatic carbocycles. The average Bonchev–Trinajstić information content (AvgIpc) is 2.63. The number of carbonyl (C=O) groups excluding carboxylic acids is 1. The zero-order valence-electron chi connectivity index (χ0n) is 15.8. The van der Waals surface area contributed by atoms with Crippen molar-refractivity contribution in [3.8, 4) is 5.75 Å². The monoisotopic (exact) mass is 380 g/mol. The van der Waals surface area contributed by atoms with E-state index in [1.54, 1.807) is 6.07 Å². The highest BCUT2D eigenvalue weighted by atomic mass is 19.1. The van der Waals surface area contributed by atoms with Crippen LogP contribution in [0.2, 0.25) is 0 Å². The van der Waals surface area contributed by atoms with Crippen LogP contribution >= 0.6 is 0 Å². The summed E-state index contributed by atoms with van der Waals surface area (Å²) in [6.45, 7) is 1.44. The normalized spacial score (nSPS) is 24.6. The smallest absolute Gasteiger partial charge is 0.256 e. The van der Waals surface area contributed by atoms with Gasteiger partial charge >= 0.3 is 0 Å². The highest BCUT2D eigenvalue weighted by Crippen LogP contribution is 2.39. The van der Waals surface area contributed by atoms with Crippen molar-refractivity contribution in [2.24, 2.45) is 5.41 Å². The molecule has 1 saturated heterocycles. The molecule has 2 fully saturated rings. The van der Waals surface area contributed by atoms with E-state index in [2.05, 4.69) is 5.32 Å². The number of hydrogen-bond acceptors (Lipinski definition) is 5. The number of rotatable bonds is 8. The number of aliphatic hydroxyl groups is 2. The Balaban J connectivity index is 1.62. The standard InChI is InChI=1S/C20H29FN2O4/c1-27-16-4-5-17(21)15(10-16)11-23-9-3-8-20(26,18(23)25)13-22-12-19(14-24)6-2-7-19/h4-5,10,22,24,26H,2-3,6-9,11-14H2,1H3/t20-/m1/s1. The van der Waals surface area contributed by atoms with Crippen molar-refractivity contribution >= 4 is 5.91 Å². The van der Waals surface area contributed by atoms with Crippen molar-refractivity contribution < 1.29 is 24.1 Å². The van der Waals surface area contributed by atoms with Crippen LogP contribution < -0.4 is 10.1 Å². The average molecular weight is 380 g/mol. The second-order valence-electron chi connectivity index (χ2n) is 7.93. The molecule has 1 aliphatic heterocycles. The lowest BCUT2D eigenvalue weighted by Crippen LogP contribution is -2.58. The van der Waals surface area contributed by atoms with Gasteiger partial charge in [-0.3, -0.25) is 4.79 Å². The van der Waals surface area contributed by atoms with Crippen LogP contribution in [-0.2, 0) is 11.3 Å². The first-order valence-electron chi connectivity index (χ1n) is 9.57. The summed E-state index contributed by atoms with van der Waals surface area (Å²) in [5.74, 6) is -0.247. The van der Waals surface area contributed by atoms with Gasteiger partial charge < -0.3 is 25.2 Å². The largest absolute Gasteiger partial charge is 0.497 e. The van der Waals surface area contributed by atoms with Crippen LogP contribution in [0.3, 0.4) is 0 Å². The molecule has 1 aromatic rings. The van der Waals surface area contributed by atoms with Gasteiger partial charge in [-0.2, -0.15) is 0 Å². The molecule has 6 nitrogen and oxygen atoms in total. The molecule has 1 heterocycles. The molecule has 7 heteroatoms. The third kappa shape index (κ3) is 4.25. The zero-order valence-corrected chi connectivity index (χ0v) is 15.8. The zero-order chi connectivity index (χ0) is 19.5. The molecule has 0 radical (unpaired) electrons. The second-order valence-corrected chi connectivity index (χ2v) is 7.93. The van der Waals surface area contributed by atoms with Crippen molar-refractivity contribution in [2.75, 3.05) is 33.4 Å². The number of likely N-dealkylation sites (tertiary alicyclic amines) is 1. The van der Waals surface area contributed by atoms with Gasteiger partial charge in [0.25, 0.3) is 5.91 Å². The number of amides is 1. The van der Waals surface area contributed by atoms with E-state index in [9.17, 15) is 19.4 Å². The summed E-state index contributed by atoms with van der Waals surface area (Å²) >= 11 is 0. The lowest BCUT2D eigenvalue weighted by Gasteiger charge is -2.42. The van der Waals surface area contributed by atoms with Crippen LogP contribution in [0.4, 0.5) is 4.39 Å². The fourth-order valence-electron chi connectivity index (χ4n) is 3.99. The summed E-state index contributed by atoms with van der Waals surface area (Å²) in [4.78, 5) is 14.4. The third-order valence-corrected chi connectivity index (χ3v) is 5.98. The van der Waals surface area contributed by atoms with Gasteiger partial charge in [0.1, 0.15) is 11.6 Å². The molecule has 3 rings (SSSR count). The molecule has 0 unspecified atom stereocenters. The lowest BCUT2D eigenvalue weighted by atomic mass is 9.69. The Morgan fingerprint density at radius 2 is 2.04 bits per heavy atom. The minimum absolute atomic E-state index is 0.102. The van der Waals surface area contributed by atoms with Gasteiger partial charge in [-0.1, -0.05) is 6.42 Å². The van der Waals surface area contributed by atoms with E-state index >= 15 is 0 Å². The summed E-state index contributed by atoms with van der Waals surface area (Å²) in [6.07, 6.45) is 4.06. The van der Waals surface area contributed by atoms with Crippen LogP contribution in [-0.4, -0.2) is 60.0 Å². The van der Waals surface area contributed by atoms with Crippen molar-refractivity contribution in [1.29, 1.82) is 0 Å². The van der Waals surface area contributed by atoms with Crippen molar-refractivity contribution in [3.63, 3.8) is 0 Å². The van der Waals surface area contributed by atoms with Crippen LogP contribution in [0.1, 0.15) is 37.7 Å². The second kappa shape index (κ2) is 8.12. The molecular formula is C20H29FN2O4. The fraction of sp³-hybridized carbons (Fsp3) is 0.650. The number of piperidine rings is 1. The molecule has 1 amide bonds. The highest BCUT2D eigenvalue weighted by molar-refractivity contribution is 5.86. The summed E-state index contributed by atoms with van der Waals surface area (Å²) in [5.41, 5.74) is -1.24. The van der Waals surface area contributed by atoms with Crippen molar-refractivity contribution in [1.82, 2.24) is 10.2 Å². The molecule has 3 N–H and O–H groups in total. The molecule has 1 aromatic carbocycles. The predicted octanol–water partition coefficient (Wildman–Crippen LogP) is 1.44. The number of ether oxygens (including phenoxy) is 1. The van der Waals surface area contributed by atoms with Gasteiger partial charge in [0.05, 0.1) is 7.11 Å². The number of halogens is 1. The molecule has 2 aliphatic rings. The highest BCUT2D eigenvalue weighted by Gasteiger charge is 2.43. The first kappa shape index (κ1) is 20.0. The van der Waals surface area contributed by atoms with Gasteiger partial charge in [0.2, 0.25) is 0 Å². The Labute approximate surface area is 159 Å². The maximum Gasteiger partial charge on any atom is 0.256 e.